The van der Waals surface area contributed by atoms with Crippen molar-refractivity contribution < 1.29 is 0 Å². The van der Waals surface area contributed by atoms with Crippen molar-refractivity contribution in [2.24, 2.45) is 34.8 Å². The van der Waals surface area contributed by atoms with E-state index in [0.29, 0.717) is 5.41 Å². The second-order valence-corrected chi connectivity index (χ2v) is 7.55. The maximum Gasteiger partial charge on any atom is -0.00462 e. The summed E-state index contributed by atoms with van der Waals surface area (Å²) in [6, 6.07) is 0. The minimum atomic E-state index is 0.478. The van der Waals surface area contributed by atoms with Gasteiger partial charge in [-0.1, -0.05) is 47.5 Å². The summed E-state index contributed by atoms with van der Waals surface area (Å²) in [4.78, 5) is 0. The molecule has 3 unspecified atom stereocenters. The zero-order valence-corrected chi connectivity index (χ0v) is 13.3. The van der Waals surface area contributed by atoms with Crippen LogP contribution in [-0.2, 0) is 0 Å². The molecule has 0 radical (unpaired) electrons. The second kappa shape index (κ2) is 6.93. The lowest BCUT2D eigenvalue weighted by Crippen LogP contribution is -2.36. The SMILES string of the molecule is CCC(CC)CC1CC(C(C)(C)C)CCC1CN. The first kappa shape index (κ1) is 16.0. The molecule has 0 aliphatic heterocycles. The van der Waals surface area contributed by atoms with Crippen molar-refractivity contribution in [2.75, 3.05) is 6.54 Å². The summed E-state index contributed by atoms with van der Waals surface area (Å²) in [6.45, 7) is 12.8. The fourth-order valence-electron chi connectivity index (χ4n) is 3.76. The summed E-state index contributed by atoms with van der Waals surface area (Å²) >= 11 is 0. The molecule has 0 spiro atoms. The first-order valence-electron chi connectivity index (χ1n) is 8.12. The maximum atomic E-state index is 6.01. The minimum Gasteiger partial charge on any atom is -0.330 e. The van der Waals surface area contributed by atoms with Crippen molar-refractivity contribution in [3.05, 3.63) is 0 Å². The molecular weight excluding hydrogens is 218 g/mol. The quantitative estimate of drug-likeness (QED) is 0.744. The third-order valence-corrected chi connectivity index (χ3v) is 5.46. The van der Waals surface area contributed by atoms with Crippen LogP contribution in [0.15, 0.2) is 0 Å². The van der Waals surface area contributed by atoms with Crippen LogP contribution < -0.4 is 5.73 Å². The normalized spacial score (nSPS) is 29.8. The van der Waals surface area contributed by atoms with Crippen LogP contribution in [0.3, 0.4) is 0 Å². The summed E-state index contributed by atoms with van der Waals surface area (Å²) in [5.74, 6) is 3.50. The van der Waals surface area contributed by atoms with Crippen molar-refractivity contribution in [2.45, 2.75) is 73.1 Å². The lowest BCUT2D eigenvalue weighted by molar-refractivity contribution is 0.0856. The number of rotatable bonds is 5. The predicted octanol–water partition coefficient (Wildman–Crippen LogP) is 4.85. The zero-order chi connectivity index (χ0) is 13.8. The van der Waals surface area contributed by atoms with Gasteiger partial charge in [0.15, 0.2) is 0 Å². The van der Waals surface area contributed by atoms with Crippen LogP contribution in [0.1, 0.15) is 73.1 Å². The summed E-state index contributed by atoms with van der Waals surface area (Å²) in [5, 5.41) is 0. The Kier molecular flexibility index (Phi) is 6.17. The molecule has 108 valence electrons. The van der Waals surface area contributed by atoms with Gasteiger partial charge in [0.2, 0.25) is 0 Å². The van der Waals surface area contributed by atoms with E-state index in [-0.39, 0.29) is 0 Å². The summed E-state index contributed by atoms with van der Waals surface area (Å²) in [6.07, 6.45) is 8.27. The molecule has 1 rings (SSSR count). The number of hydrogen-bond donors (Lipinski definition) is 1. The Labute approximate surface area is 115 Å². The molecule has 1 nitrogen and oxygen atoms in total. The molecule has 0 aromatic heterocycles. The molecule has 1 aliphatic carbocycles. The van der Waals surface area contributed by atoms with Gasteiger partial charge in [0.25, 0.3) is 0 Å². The molecule has 2 N–H and O–H groups in total. The molecule has 3 atom stereocenters. The standard InChI is InChI=1S/C17H35N/c1-6-13(7-2)10-15-11-16(17(3,4)5)9-8-14(15)12-18/h13-16H,6-12,18H2,1-5H3. The van der Waals surface area contributed by atoms with E-state index in [1.54, 1.807) is 0 Å². The van der Waals surface area contributed by atoms with Crippen molar-refractivity contribution in [3.8, 4) is 0 Å². The molecule has 0 heterocycles. The van der Waals surface area contributed by atoms with Gasteiger partial charge in [-0.3, -0.25) is 0 Å². The highest BCUT2D eigenvalue weighted by atomic mass is 14.6. The first-order chi connectivity index (χ1) is 8.42. The molecule has 0 aromatic rings. The van der Waals surface area contributed by atoms with Crippen LogP contribution in [0.4, 0.5) is 0 Å². The van der Waals surface area contributed by atoms with Crippen molar-refractivity contribution in [3.63, 3.8) is 0 Å². The Hall–Kier alpha value is -0.0400. The molecule has 1 aliphatic rings. The van der Waals surface area contributed by atoms with E-state index in [2.05, 4.69) is 34.6 Å². The molecule has 18 heavy (non-hydrogen) atoms. The summed E-state index contributed by atoms with van der Waals surface area (Å²) in [7, 11) is 0. The highest BCUT2D eigenvalue weighted by Gasteiger charge is 2.35. The molecule has 1 fully saturated rings. The third-order valence-electron chi connectivity index (χ3n) is 5.46. The van der Waals surface area contributed by atoms with Gasteiger partial charge in [-0.15, -0.1) is 0 Å². The zero-order valence-electron chi connectivity index (χ0n) is 13.3. The topological polar surface area (TPSA) is 26.0 Å². The Morgan fingerprint density at radius 2 is 1.67 bits per heavy atom. The Bertz CT molecular complexity index is 224. The molecule has 0 bridgehead atoms. The average Bonchev–Trinajstić information content (AvgIpc) is 2.34. The van der Waals surface area contributed by atoms with Gasteiger partial charge >= 0.3 is 0 Å². The monoisotopic (exact) mass is 253 g/mol. The molecule has 1 saturated carbocycles. The average molecular weight is 253 g/mol. The highest BCUT2D eigenvalue weighted by molar-refractivity contribution is 4.86. The minimum absolute atomic E-state index is 0.478. The van der Waals surface area contributed by atoms with E-state index in [0.717, 1.165) is 30.2 Å². The molecule has 1 heteroatoms. The predicted molar refractivity (Wildman–Crippen MR) is 81.5 cm³/mol. The first-order valence-corrected chi connectivity index (χ1v) is 8.12. The second-order valence-electron chi connectivity index (χ2n) is 7.55. The Morgan fingerprint density at radius 3 is 2.11 bits per heavy atom. The van der Waals surface area contributed by atoms with Gasteiger partial charge < -0.3 is 5.73 Å². The third kappa shape index (κ3) is 4.26. The highest BCUT2D eigenvalue weighted by Crippen LogP contribution is 2.44. The lowest BCUT2D eigenvalue weighted by Gasteiger charge is -2.42. The Morgan fingerprint density at radius 1 is 1.06 bits per heavy atom. The molecular formula is C17H35N. The van der Waals surface area contributed by atoms with E-state index in [1.807, 2.05) is 0 Å². The molecule has 0 amide bonds. The summed E-state index contributed by atoms with van der Waals surface area (Å²) in [5.41, 5.74) is 6.48. The van der Waals surface area contributed by atoms with Crippen LogP contribution in [0.5, 0.6) is 0 Å². The van der Waals surface area contributed by atoms with Crippen LogP contribution in [0, 0.1) is 29.1 Å². The van der Waals surface area contributed by atoms with Gasteiger partial charge in [-0.2, -0.15) is 0 Å². The van der Waals surface area contributed by atoms with E-state index in [9.17, 15) is 0 Å². The summed E-state index contributed by atoms with van der Waals surface area (Å²) < 4.78 is 0. The van der Waals surface area contributed by atoms with E-state index < -0.39 is 0 Å². The van der Waals surface area contributed by atoms with Crippen molar-refractivity contribution in [1.29, 1.82) is 0 Å². The van der Waals surface area contributed by atoms with Crippen molar-refractivity contribution >= 4 is 0 Å². The fourth-order valence-corrected chi connectivity index (χ4v) is 3.76. The van der Waals surface area contributed by atoms with Gasteiger partial charge in [-0.25, -0.2) is 0 Å². The van der Waals surface area contributed by atoms with Crippen LogP contribution in [0.25, 0.3) is 0 Å². The maximum absolute atomic E-state index is 6.01. The number of hydrogen-bond acceptors (Lipinski definition) is 1. The van der Waals surface area contributed by atoms with Gasteiger partial charge in [0.1, 0.15) is 0 Å². The van der Waals surface area contributed by atoms with Crippen molar-refractivity contribution in [1.82, 2.24) is 0 Å². The van der Waals surface area contributed by atoms with Crippen LogP contribution in [-0.4, -0.2) is 6.54 Å². The van der Waals surface area contributed by atoms with Gasteiger partial charge in [0, 0.05) is 0 Å². The van der Waals surface area contributed by atoms with Crippen LogP contribution >= 0.6 is 0 Å². The van der Waals surface area contributed by atoms with E-state index in [1.165, 1.54) is 38.5 Å². The molecule has 0 aromatic carbocycles. The van der Waals surface area contributed by atoms with Crippen LogP contribution in [0.2, 0.25) is 0 Å². The van der Waals surface area contributed by atoms with Gasteiger partial charge in [-0.05, 0) is 61.3 Å². The fraction of sp³-hybridized carbons (Fsp3) is 1.00. The molecule has 0 saturated heterocycles. The Balaban J connectivity index is 2.64. The number of nitrogens with two attached hydrogens (primary N) is 1. The largest absolute Gasteiger partial charge is 0.330 e. The lowest BCUT2D eigenvalue weighted by atomic mass is 9.63. The smallest absolute Gasteiger partial charge is 0.00462 e. The van der Waals surface area contributed by atoms with E-state index in [4.69, 9.17) is 5.73 Å². The van der Waals surface area contributed by atoms with E-state index >= 15 is 0 Å². The van der Waals surface area contributed by atoms with Gasteiger partial charge in [0.05, 0.1) is 0 Å².